The molecule has 1 aromatic rings. The van der Waals surface area contributed by atoms with Crippen LogP contribution in [0.3, 0.4) is 0 Å². The van der Waals surface area contributed by atoms with Crippen LogP contribution in [-0.2, 0) is 13.1 Å². The highest BCUT2D eigenvalue weighted by molar-refractivity contribution is 5.10. The molecule has 0 aliphatic heterocycles. The van der Waals surface area contributed by atoms with Crippen molar-refractivity contribution < 1.29 is 0 Å². The van der Waals surface area contributed by atoms with E-state index in [1.807, 2.05) is 0 Å². The van der Waals surface area contributed by atoms with Crippen molar-refractivity contribution in [3.8, 4) is 0 Å². The van der Waals surface area contributed by atoms with Gasteiger partial charge >= 0.3 is 0 Å². The fourth-order valence-electron chi connectivity index (χ4n) is 1.83. The van der Waals surface area contributed by atoms with Crippen LogP contribution in [0.5, 0.6) is 0 Å². The highest BCUT2D eigenvalue weighted by atomic mass is 15.0. The average Bonchev–Trinajstić information content (AvgIpc) is 2.94. The summed E-state index contributed by atoms with van der Waals surface area (Å²) >= 11 is 0. The van der Waals surface area contributed by atoms with E-state index in [-0.39, 0.29) is 0 Å². The van der Waals surface area contributed by atoms with Crippen LogP contribution in [-0.4, -0.2) is 10.6 Å². The van der Waals surface area contributed by atoms with E-state index >= 15 is 0 Å². The van der Waals surface area contributed by atoms with E-state index < -0.39 is 0 Å². The number of hydrogen-bond donors (Lipinski definition) is 1. The van der Waals surface area contributed by atoms with Gasteiger partial charge in [0.1, 0.15) is 0 Å². The molecule has 0 bridgehead atoms. The summed E-state index contributed by atoms with van der Waals surface area (Å²) in [5.41, 5.74) is 1.40. The van der Waals surface area contributed by atoms with E-state index in [1.54, 1.807) is 0 Å². The summed E-state index contributed by atoms with van der Waals surface area (Å²) < 4.78 is 2.22. The van der Waals surface area contributed by atoms with Gasteiger partial charge in [-0.1, -0.05) is 0 Å². The molecule has 14 heavy (non-hydrogen) atoms. The van der Waals surface area contributed by atoms with E-state index in [0.29, 0.717) is 6.04 Å². The average molecular weight is 192 g/mol. The molecule has 1 saturated carbocycles. The minimum absolute atomic E-state index is 0.694. The van der Waals surface area contributed by atoms with Crippen molar-refractivity contribution >= 4 is 0 Å². The molecule has 0 aromatic carbocycles. The molecule has 1 heterocycles. The topological polar surface area (TPSA) is 17.0 Å². The van der Waals surface area contributed by atoms with E-state index in [9.17, 15) is 0 Å². The summed E-state index contributed by atoms with van der Waals surface area (Å²) in [4.78, 5) is 0. The first kappa shape index (κ1) is 9.78. The molecule has 78 valence electrons. The van der Waals surface area contributed by atoms with Crippen molar-refractivity contribution in [3.63, 3.8) is 0 Å². The van der Waals surface area contributed by atoms with Crippen molar-refractivity contribution in [2.24, 2.45) is 5.92 Å². The zero-order valence-electron chi connectivity index (χ0n) is 9.16. The first-order valence-electron chi connectivity index (χ1n) is 5.67. The van der Waals surface area contributed by atoms with Gasteiger partial charge in [0, 0.05) is 31.5 Å². The summed E-state index contributed by atoms with van der Waals surface area (Å²) in [7, 11) is 0. The van der Waals surface area contributed by atoms with Gasteiger partial charge in [0.2, 0.25) is 0 Å². The zero-order chi connectivity index (χ0) is 9.97. The van der Waals surface area contributed by atoms with E-state index in [4.69, 9.17) is 0 Å². The lowest BCUT2D eigenvalue weighted by atomic mass is 10.2. The van der Waals surface area contributed by atoms with Crippen LogP contribution in [0.15, 0.2) is 18.5 Å². The number of aryl methyl sites for hydroxylation is 1. The Labute approximate surface area is 86.3 Å². The lowest BCUT2D eigenvalue weighted by Gasteiger charge is -2.11. The van der Waals surface area contributed by atoms with Crippen LogP contribution in [0, 0.1) is 5.92 Å². The standard InChI is InChI=1S/C12H20N2/c1-3-14-7-6-11(9-14)8-13-10(2)12-4-5-12/h6-7,9-10,12-13H,3-5,8H2,1-2H3. The third kappa shape index (κ3) is 2.38. The SMILES string of the molecule is CCn1ccc(CNC(C)C2CC2)c1. The molecule has 2 rings (SSSR count). The third-order valence-electron chi connectivity index (χ3n) is 3.13. The summed E-state index contributed by atoms with van der Waals surface area (Å²) in [6, 6.07) is 2.90. The smallest absolute Gasteiger partial charge is 0.0223 e. The van der Waals surface area contributed by atoms with Gasteiger partial charge < -0.3 is 9.88 Å². The van der Waals surface area contributed by atoms with Crippen molar-refractivity contribution in [2.45, 2.75) is 45.8 Å². The molecule has 0 radical (unpaired) electrons. The molecular weight excluding hydrogens is 172 g/mol. The molecule has 0 spiro atoms. The van der Waals surface area contributed by atoms with E-state index in [2.05, 4.69) is 42.2 Å². The normalized spacial score (nSPS) is 18.4. The fourth-order valence-corrected chi connectivity index (χ4v) is 1.83. The molecule has 1 aliphatic carbocycles. The van der Waals surface area contributed by atoms with Crippen LogP contribution in [0.25, 0.3) is 0 Å². The third-order valence-corrected chi connectivity index (χ3v) is 3.13. The van der Waals surface area contributed by atoms with Crippen LogP contribution < -0.4 is 5.32 Å². The maximum Gasteiger partial charge on any atom is 0.0223 e. The highest BCUT2D eigenvalue weighted by Gasteiger charge is 2.27. The van der Waals surface area contributed by atoms with Crippen molar-refractivity contribution in [3.05, 3.63) is 24.0 Å². The number of rotatable bonds is 5. The molecule has 1 unspecified atom stereocenters. The fraction of sp³-hybridized carbons (Fsp3) is 0.667. The molecule has 0 amide bonds. The number of aromatic nitrogens is 1. The molecule has 2 heteroatoms. The van der Waals surface area contributed by atoms with Gasteiger partial charge in [0.05, 0.1) is 0 Å². The van der Waals surface area contributed by atoms with Crippen molar-refractivity contribution in [2.75, 3.05) is 0 Å². The van der Waals surface area contributed by atoms with Crippen molar-refractivity contribution in [1.29, 1.82) is 0 Å². The molecule has 2 nitrogen and oxygen atoms in total. The van der Waals surface area contributed by atoms with Gasteiger partial charge in [-0.15, -0.1) is 0 Å². The Kier molecular flexibility index (Phi) is 2.92. The van der Waals surface area contributed by atoms with Gasteiger partial charge in [-0.25, -0.2) is 0 Å². The van der Waals surface area contributed by atoms with Crippen molar-refractivity contribution in [1.82, 2.24) is 9.88 Å². The molecule has 1 N–H and O–H groups in total. The number of hydrogen-bond acceptors (Lipinski definition) is 1. The Balaban J connectivity index is 1.78. The minimum atomic E-state index is 0.694. The van der Waals surface area contributed by atoms with E-state index in [1.165, 1.54) is 18.4 Å². The van der Waals surface area contributed by atoms with Gasteiger partial charge in [-0.2, -0.15) is 0 Å². The summed E-state index contributed by atoms with van der Waals surface area (Å²) in [5, 5.41) is 3.58. The molecule has 1 aromatic heterocycles. The van der Waals surface area contributed by atoms with Gasteiger partial charge in [0.15, 0.2) is 0 Å². The lowest BCUT2D eigenvalue weighted by molar-refractivity contribution is 0.496. The molecule has 1 atom stereocenters. The first-order valence-corrected chi connectivity index (χ1v) is 5.67. The number of nitrogens with zero attached hydrogens (tertiary/aromatic N) is 1. The molecule has 1 aliphatic rings. The van der Waals surface area contributed by atoms with Gasteiger partial charge in [-0.3, -0.25) is 0 Å². The minimum Gasteiger partial charge on any atom is -0.354 e. The largest absolute Gasteiger partial charge is 0.354 e. The van der Waals surface area contributed by atoms with E-state index in [0.717, 1.165) is 19.0 Å². The van der Waals surface area contributed by atoms with Gasteiger partial charge in [0.25, 0.3) is 0 Å². The second-order valence-electron chi connectivity index (χ2n) is 4.36. The van der Waals surface area contributed by atoms with Crippen LogP contribution in [0.4, 0.5) is 0 Å². The number of nitrogens with one attached hydrogen (secondary N) is 1. The maximum absolute atomic E-state index is 3.58. The summed E-state index contributed by atoms with van der Waals surface area (Å²) in [6.07, 6.45) is 7.22. The Bertz CT molecular complexity index is 286. The Morgan fingerprint density at radius 1 is 1.57 bits per heavy atom. The molecule has 0 saturated heterocycles. The Morgan fingerprint density at radius 2 is 2.36 bits per heavy atom. The molecular formula is C12H20N2. The molecule has 1 fully saturated rings. The predicted octanol–water partition coefficient (Wildman–Crippen LogP) is 2.40. The second-order valence-corrected chi connectivity index (χ2v) is 4.36. The van der Waals surface area contributed by atoms with Crippen LogP contribution in [0.1, 0.15) is 32.3 Å². The lowest BCUT2D eigenvalue weighted by Crippen LogP contribution is -2.27. The Morgan fingerprint density at radius 3 is 2.93 bits per heavy atom. The predicted molar refractivity (Wildman–Crippen MR) is 59.1 cm³/mol. The monoisotopic (exact) mass is 192 g/mol. The summed E-state index contributed by atoms with van der Waals surface area (Å²) in [6.45, 7) is 6.56. The highest BCUT2D eigenvalue weighted by Crippen LogP contribution is 2.32. The second kappa shape index (κ2) is 4.18. The zero-order valence-corrected chi connectivity index (χ0v) is 9.16. The first-order chi connectivity index (χ1) is 6.79. The van der Waals surface area contributed by atoms with Crippen LogP contribution >= 0.6 is 0 Å². The quantitative estimate of drug-likeness (QED) is 0.758. The maximum atomic E-state index is 3.58. The Hall–Kier alpha value is -0.760. The van der Waals surface area contributed by atoms with Gasteiger partial charge in [-0.05, 0) is 44.2 Å². The summed E-state index contributed by atoms with van der Waals surface area (Å²) in [5.74, 6) is 0.947. The van der Waals surface area contributed by atoms with Crippen LogP contribution in [0.2, 0.25) is 0 Å².